The molecule has 7 heteroatoms. The summed E-state index contributed by atoms with van der Waals surface area (Å²) in [6, 6.07) is 27.5. The third kappa shape index (κ3) is 7.16. The number of para-hydroxylation sites is 4. The van der Waals surface area contributed by atoms with Crippen molar-refractivity contribution in [2.75, 3.05) is 27.8 Å². The standard InChI is InChI=1S/C21H24NO3P.C8H10O2/c1-22-15-14-17-12-13-20(16-21(17)22)25-26(23-18-8-4-2-5-9-18)24-19-10-6-3-7-11-19;1-9-7-5-3-4-6-8(7)10-2/h2-11,13,17,21H,12,14-16H2,1H3;3-6H,1-2H3. The summed E-state index contributed by atoms with van der Waals surface area (Å²) in [6.45, 7) is 1.17. The molecule has 6 nitrogen and oxygen atoms in total. The molecule has 1 aliphatic heterocycles. The van der Waals surface area contributed by atoms with Gasteiger partial charge in [-0.3, -0.25) is 0 Å². The van der Waals surface area contributed by atoms with Crippen LogP contribution in [0.4, 0.5) is 0 Å². The molecule has 3 aromatic rings. The minimum Gasteiger partial charge on any atom is -0.493 e. The summed E-state index contributed by atoms with van der Waals surface area (Å²) in [7, 11) is 3.90. The Balaban J connectivity index is 0.000000256. The summed E-state index contributed by atoms with van der Waals surface area (Å²) in [5.74, 6) is 4.78. The van der Waals surface area contributed by atoms with Gasteiger partial charge in [0.2, 0.25) is 0 Å². The van der Waals surface area contributed by atoms with E-state index < -0.39 is 8.60 Å². The molecular formula is C29H34NO5P. The molecule has 0 bridgehead atoms. The van der Waals surface area contributed by atoms with Crippen LogP contribution in [0.15, 0.2) is 96.8 Å². The summed E-state index contributed by atoms with van der Waals surface area (Å²) in [5.41, 5.74) is 0. The van der Waals surface area contributed by atoms with Crippen LogP contribution in [0.2, 0.25) is 0 Å². The molecule has 0 saturated carbocycles. The van der Waals surface area contributed by atoms with Crippen molar-refractivity contribution in [1.82, 2.24) is 4.90 Å². The van der Waals surface area contributed by atoms with E-state index in [1.54, 1.807) is 14.2 Å². The van der Waals surface area contributed by atoms with Gasteiger partial charge in [0.05, 0.1) is 14.2 Å². The van der Waals surface area contributed by atoms with E-state index in [0.29, 0.717) is 6.04 Å². The Hall–Kier alpha value is -3.21. The smallest absolute Gasteiger partial charge is 0.493 e. The highest BCUT2D eigenvalue weighted by Crippen LogP contribution is 2.46. The van der Waals surface area contributed by atoms with E-state index >= 15 is 0 Å². The molecular weight excluding hydrogens is 473 g/mol. The van der Waals surface area contributed by atoms with Crippen LogP contribution >= 0.6 is 8.60 Å². The van der Waals surface area contributed by atoms with E-state index in [4.69, 9.17) is 23.0 Å². The van der Waals surface area contributed by atoms with Crippen LogP contribution in [0.3, 0.4) is 0 Å². The molecule has 0 N–H and O–H groups in total. The molecule has 2 atom stereocenters. The van der Waals surface area contributed by atoms with E-state index in [1.165, 1.54) is 13.0 Å². The molecule has 5 rings (SSSR count). The monoisotopic (exact) mass is 507 g/mol. The third-order valence-electron chi connectivity index (χ3n) is 6.35. The lowest BCUT2D eigenvalue weighted by Gasteiger charge is -2.30. The number of nitrogens with zero attached hydrogens (tertiary/aromatic N) is 1. The molecule has 0 spiro atoms. The highest BCUT2D eigenvalue weighted by atomic mass is 31.2. The van der Waals surface area contributed by atoms with Crippen LogP contribution in [0.1, 0.15) is 19.3 Å². The van der Waals surface area contributed by atoms with Crippen molar-refractivity contribution in [3.63, 3.8) is 0 Å². The van der Waals surface area contributed by atoms with Gasteiger partial charge in [-0.25, -0.2) is 0 Å². The Labute approximate surface area is 215 Å². The number of likely N-dealkylation sites (tertiary alicyclic amines) is 1. The summed E-state index contributed by atoms with van der Waals surface area (Å²) in [5, 5.41) is 0. The second-order valence-corrected chi connectivity index (χ2v) is 9.68. The van der Waals surface area contributed by atoms with Crippen molar-refractivity contribution >= 4 is 8.60 Å². The Morgan fingerprint density at radius 2 is 1.25 bits per heavy atom. The number of methoxy groups -OCH3 is 2. The minimum absolute atomic E-state index is 0.570. The van der Waals surface area contributed by atoms with Gasteiger partial charge in [-0.1, -0.05) is 48.5 Å². The van der Waals surface area contributed by atoms with Crippen LogP contribution < -0.4 is 18.5 Å². The number of benzene rings is 3. The van der Waals surface area contributed by atoms with Gasteiger partial charge in [0.15, 0.2) is 11.5 Å². The number of hydrogen-bond donors (Lipinski definition) is 0. The zero-order valence-electron chi connectivity index (χ0n) is 21.1. The van der Waals surface area contributed by atoms with Crippen molar-refractivity contribution in [3.8, 4) is 23.0 Å². The van der Waals surface area contributed by atoms with Gasteiger partial charge >= 0.3 is 8.60 Å². The third-order valence-corrected chi connectivity index (χ3v) is 7.45. The first-order valence-corrected chi connectivity index (χ1v) is 13.3. The SMILES string of the molecule is CN1CCC2CC=C(OP(Oc3ccccc3)Oc3ccccc3)CC21.COc1ccccc1OC. The van der Waals surface area contributed by atoms with Crippen molar-refractivity contribution in [1.29, 1.82) is 0 Å². The maximum atomic E-state index is 6.21. The summed E-state index contributed by atoms with van der Waals surface area (Å²) < 4.78 is 28.3. The van der Waals surface area contributed by atoms with Crippen LogP contribution in [0.25, 0.3) is 0 Å². The topological polar surface area (TPSA) is 49.4 Å². The van der Waals surface area contributed by atoms with E-state index in [0.717, 1.165) is 47.5 Å². The fraction of sp³-hybridized carbons (Fsp3) is 0.310. The fourth-order valence-electron chi connectivity index (χ4n) is 4.41. The zero-order chi connectivity index (χ0) is 25.2. The first-order valence-electron chi connectivity index (χ1n) is 12.2. The lowest BCUT2D eigenvalue weighted by Crippen LogP contribution is -2.31. The molecule has 190 valence electrons. The second kappa shape index (κ2) is 13.2. The average Bonchev–Trinajstić information content (AvgIpc) is 3.30. The lowest BCUT2D eigenvalue weighted by atomic mass is 9.89. The Morgan fingerprint density at radius 3 is 1.78 bits per heavy atom. The van der Waals surface area contributed by atoms with Gasteiger partial charge in [0.1, 0.15) is 17.3 Å². The Bertz CT molecular complexity index is 1030. The summed E-state index contributed by atoms with van der Waals surface area (Å²) >= 11 is 0. The molecule has 2 aliphatic rings. The number of hydrogen-bond acceptors (Lipinski definition) is 6. The number of ether oxygens (including phenoxy) is 2. The van der Waals surface area contributed by atoms with E-state index in [9.17, 15) is 0 Å². The maximum absolute atomic E-state index is 6.21. The summed E-state index contributed by atoms with van der Waals surface area (Å²) in [6.07, 6.45) is 5.50. The molecule has 1 heterocycles. The van der Waals surface area contributed by atoms with E-state index in [-0.39, 0.29) is 0 Å². The van der Waals surface area contributed by atoms with Crippen LogP contribution in [-0.2, 0) is 4.52 Å². The first kappa shape index (κ1) is 25.9. The van der Waals surface area contributed by atoms with E-state index in [1.807, 2.05) is 84.9 Å². The zero-order valence-corrected chi connectivity index (χ0v) is 22.0. The largest absolute Gasteiger partial charge is 0.529 e. The Kier molecular flexibility index (Phi) is 9.48. The predicted octanol–water partition coefficient (Wildman–Crippen LogP) is 7.09. The number of allylic oxidation sites excluding steroid dienone is 1. The molecule has 1 saturated heterocycles. The first-order chi connectivity index (χ1) is 17.7. The molecule has 2 unspecified atom stereocenters. The lowest BCUT2D eigenvalue weighted by molar-refractivity contribution is 0.222. The molecule has 3 aromatic carbocycles. The van der Waals surface area contributed by atoms with Gasteiger partial charge < -0.3 is 27.9 Å². The second-order valence-electron chi connectivity index (χ2n) is 8.69. The quantitative estimate of drug-likeness (QED) is 0.304. The predicted molar refractivity (Wildman–Crippen MR) is 144 cm³/mol. The van der Waals surface area contributed by atoms with Crippen molar-refractivity contribution in [2.24, 2.45) is 5.92 Å². The van der Waals surface area contributed by atoms with Crippen LogP contribution in [0.5, 0.6) is 23.0 Å². The van der Waals surface area contributed by atoms with Gasteiger partial charge in [-0.05, 0) is 74.8 Å². The van der Waals surface area contributed by atoms with Gasteiger partial charge in [0, 0.05) is 12.5 Å². The average molecular weight is 508 g/mol. The highest BCUT2D eigenvalue weighted by molar-refractivity contribution is 7.42. The molecule has 36 heavy (non-hydrogen) atoms. The summed E-state index contributed by atoms with van der Waals surface area (Å²) in [4.78, 5) is 2.44. The molecule has 1 aliphatic carbocycles. The van der Waals surface area contributed by atoms with Crippen molar-refractivity contribution in [2.45, 2.75) is 25.3 Å². The molecule has 0 aromatic heterocycles. The number of rotatable bonds is 8. The molecule has 0 amide bonds. The van der Waals surface area contributed by atoms with Crippen molar-refractivity contribution < 1.29 is 23.0 Å². The molecule has 0 radical (unpaired) electrons. The van der Waals surface area contributed by atoms with E-state index in [2.05, 4.69) is 18.0 Å². The van der Waals surface area contributed by atoms with Crippen molar-refractivity contribution in [3.05, 3.63) is 96.8 Å². The number of fused-ring (bicyclic) bond motifs is 1. The Morgan fingerprint density at radius 1 is 0.722 bits per heavy atom. The van der Waals surface area contributed by atoms with Gasteiger partial charge in [-0.15, -0.1) is 0 Å². The van der Waals surface area contributed by atoms with Gasteiger partial charge in [0.25, 0.3) is 0 Å². The molecule has 1 fully saturated rings. The fourth-order valence-corrected chi connectivity index (χ4v) is 5.45. The highest BCUT2D eigenvalue weighted by Gasteiger charge is 2.36. The van der Waals surface area contributed by atoms with Crippen LogP contribution in [0, 0.1) is 5.92 Å². The maximum Gasteiger partial charge on any atom is 0.529 e. The minimum atomic E-state index is -1.56. The normalized spacial score (nSPS) is 18.8. The van der Waals surface area contributed by atoms with Gasteiger partial charge in [-0.2, -0.15) is 0 Å². The van der Waals surface area contributed by atoms with Crippen LogP contribution in [-0.4, -0.2) is 38.8 Å².